The molecule has 0 heterocycles. The van der Waals surface area contributed by atoms with Crippen LogP contribution in [0.4, 0.5) is 15.8 Å². The van der Waals surface area contributed by atoms with Gasteiger partial charge in [-0.15, -0.1) is 0 Å². The number of ether oxygens (including phenoxy) is 1. The molecule has 3 aromatic rings. The zero-order valence-electron chi connectivity index (χ0n) is 15.0. The van der Waals surface area contributed by atoms with Crippen molar-refractivity contribution >= 4 is 56.4 Å². The summed E-state index contributed by atoms with van der Waals surface area (Å²) in [5, 5.41) is 6.57. The summed E-state index contributed by atoms with van der Waals surface area (Å²) >= 11 is 15.1. The predicted octanol–water partition coefficient (Wildman–Crippen LogP) is 6.52. The van der Waals surface area contributed by atoms with E-state index in [1.165, 1.54) is 12.1 Å². The standard InChI is InChI=1S/C21H16BrCl2FN2O2/c22-17-9-13(11-26-16-6-7-19(25)18(24)10-16)1-8-20(17)29-12-21(28)27-15-4-2-14(23)3-5-15/h1-10,26H,11-12H2,(H,27,28). The summed E-state index contributed by atoms with van der Waals surface area (Å²) in [5.74, 6) is -0.190. The summed E-state index contributed by atoms with van der Waals surface area (Å²) in [6.45, 7) is 0.380. The van der Waals surface area contributed by atoms with Gasteiger partial charge in [0, 0.05) is 22.9 Å². The summed E-state index contributed by atoms with van der Waals surface area (Å²) in [6.07, 6.45) is 0. The summed E-state index contributed by atoms with van der Waals surface area (Å²) in [5.41, 5.74) is 2.33. The molecule has 29 heavy (non-hydrogen) atoms. The molecule has 0 aliphatic heterocycles. The van der Waals surface area contributed by atoms with Gasteiger partial charge in [-0.25, -0.2) is 4.39 Å². The van der Waals surface area contributed by atoms with Crippen LogP contribution in [0.3, 0.4) is 0 Å². The molecule has 0 saturated carbocycles. The van der Waals surface area contributed by atoms with Gasteiger partial charge in [0.1, 0.15) is 11.6 Å². The molecule has 0 unspecified atom stereocenters. The van der Waals surface area contributed by atoms with Crippen molar-refractivity contribution in [3.05, 3.63) is 86.6 Å². The monoisotopic (exact) mass is 496 g/mol. The first kappa shape index (κ1) is 21.4. The normalized spacial score (nSPS) is 10.5. The zero-order chi connectivity index (χ0) is 20.8. The van der Waals surface area contributed by atoms with E-state index in [4.69, 9.17) is 27.9 Å². The minimum absolute atomic E-state index is 0.0665. The van der Waals surface area contributed by atoms with Crippen LogP contribution in [0.5, 0.6) is 5.75 Å². The van der Waals surface area contributed by atoms with Crippen LogP contribution in [0.1, 0.15) is 5.56 Å². The molecule has 0 saturated heterocycles. The Morgan fingerprint density at radius 3 is 2.41 bits per heavy atom. The fraction of sp³-hybridized carbons (Fsp3) is 0.0952. The molecule has 150 valence electrons. The number of hydrogen-bond donors (Lipinski definition) is 2. The minimum atomic E-state index is -0.457. The highest BCUT2D eigenvalue weighted by atomic mass is 79.9. The van der Waals surface area contributed by atoms with Crippen LogP contribution < -0.4 is 15.4 Å². The lowest BCUT2D eigenvalue weighted by molar-refractivity contribution is -0.118. The first-order chi connectivity index (χ1) is 13.9. The average molecular weight is 498 g/mol. The molecule has 0 spiro atoms. The van der Waals surface area contributed by atoms with Crippen molar-refractivity contribution < 1.29 is 13.9 Å². The first-order valence-corrected chi connectivity index (χ1v) is 10.1. The van der Waals surface area contributed by atoms with Gasteiger partial charge in [0.15, 0.2) is 6.61 Å². The number of nitrogens with one attached hydrogen (secondary N) is 2. The molecule has 2 N–H and O–H groups in total. The lowest BCUT2D eigenvalue weighted by Crippen LogP contribution is -2.20. The smallest absolute Gasteiger partial charge is 0.262 e. The number of anilines is 2. The highest BCUT2D eigenvalue weighted by Crippen LogP contribution is 2.27. The molecule has 0 aliphatic rings. The van der Waals surface area contributed by atoms with Gasteiger partial charge in [0.2, 0.25) is 0 Å². The quantitative estimate of drug-likeness (QED) is 0.390. The Morgan fingerprint density at radius 1 is 1.00 bits per heavy atom. The van der Waals surface area contributed by atoms with E-state index < -0.39 is 5.82 Å². The van der Waals surface area contributed by atoms with Gasteiger partial charge in [-0.3, -0.25) is 4.79 Å². The van der Waals surface area contributed by atoms with E-state index in [1.54, 1.807) is 36.4 Å². The van der Waals surface area contributed by atoms with E-state index >= 15 is 0 Å². The highest BCUT2D eigenvalue weighted by molar-refractivity contribution is 9.10. The van der Waals surface area contributed by atoms with E-state index in [-0.39, 0.29) is 17.5 Å². The SMILES string of the molecule is O=C(COc1ccc(CNc2ccc(F)c(Cl)c2)cc1Br)Nc1ccc(Cl)cc1. The van der Waals surface area contributed by atoms with E-state index in [2.05, 4.69) is 26.6 Å². The Hall–Kier alpha value is -2.28. The molecule has 1 amide bonds. The van der Waals surface area contributed by atoms with Crippen LogP contribution in [0, 0.1) is 5.82 Å². The minimum Gasteiger partial charge on any atom is -0.483 e. The number of rotatable bonds is 7. The van der Waals surface area contributed by atoms with E-state index in [0.29, 0.717) is 33.2 Å². The lowest BCUT2D eigenvalue weighted by Gasteiger charge is -2.11. The van der Waals surface area contributed by atoms with Gasteiger partial charge >= 0.3 is 0 Å². The van der Waals surface area contributed by atoms with Crippen molar-refractivity contribution in [1.29, 1.82) is 0 Å². The Kier molecular flexibility index (Phi) is 7.36. The van der Waals surface area contributed by atoms with Gasteiger partial charge in [0.05, 0.1) is 9.50 Å². The van der Waals surface area contributed by atoms with E-state index in [1.807, 2.05) is 12.1 Å². The third-order valence-electron chi connectivity index (χ3n) is 3.90. The second-order valence-electron chi connectivity index (χ2n) is 6.09. The average Bonchev–Trinajstić information content (AvgIpc) is 2.70. The molecule has 4 nitrogen and oxygen atoms in total. The number of amides is 1. The molecule has 0 atom stereocenters. The van der Waals surface area contributed by atoms with Gasteiger partial charge < -0.3 is 15.4 Å². The van der Waals surface area contributed by atoms with E-state index in [0.717, 1.165) is 5.56 Å². The highest BCUT2D eigenvalue weighted by Gasteiger charge is 2.08. The maximum absolute atomic E-state index is 13.2. The second kappa shape index (κ2) is 9.96. The summed E-state index contributed by atoms with van der Waals surface area (Å²) < 4.78 is 19.5. The maximum atomic E-state index is 13.2. The molecule has 0 aliphatic carbocycles. The van der Waals surface area contributed by atoms with Crippen molar-refractivity contribution in [2.24, 2.45) is 0 Å². The summed E-state index contributed by atoms with van der Waals surface area (Å²) in [4.78, 5) is 12.0. The predicted molar refractivity (Wildman–Crippen MR) is 118 cm³/mol. The fourth-order valence-corrected chi connectivity index (χ4v) is 3.30. The number of carbonyl (C=O) groups is 1. The third kappa shape index (κ3) is 6.35. The van der Waals surface area contributed by atoms with Crippen molar-refractivity contribution in [2.75, 3.05) is 17.2 Å². The van der Waals surface area contributed by atoms with Crippen molar-refractivity contribution in [1.82, 2.24) is 0 Å². The van der Waals surface area contributed by atoms with Crippen molar-refractivity contribution in [2.45, 2.75) is 6.54 Å². The van der Waals surface area contributed by atoms with Gasteiger partial charge in [-0.1, -0.05) is 29.3 Å². The van der Waals surface area contributed by atoms with Crippen LogP contribution in [0.2, 0.25) is 10.0 Å². The maximum Gasteiger partial charge on any atom is 0.262 e. The Morgan fingerprint density at radius 2 is 1.72 bits per heavy atom. The Bertz CT molecular complexity index is 1020. The fourth-order valence-electron chi connectivity index (χ4n) is 2.46. The molecular weight excluding hydrogens is 482 g/mol. The zero-order valence-corrected chi connectivity index (χ0v) is 18.1. The second-order valence-corrected chi connectivity index (χ2v) is 7.79. The molecular formula is C21H16BrCl2FN2O2. The molecule has 0 radical (unpaired) electrons. The number of hydrogen-bond acceptors (Lipinski definition) is 3. The first-order valence-electron chi connectivity index (χ1n) is 8.56. The molecule has 0 bridgehead atoms. The number of benzene rings is 3. The largest absolute Gasteiger partial charge is 0.483 e. The van der Waals surface area contributed by atoms with Crippen molar-refractivity contribution in [3.8, 4) is 5.75 Å². The van der Waals surface area contributed by atoms with Crippen LogP contribution in [0.15, 0.2) is 65.1 Å². The number of halogens is 4. The Labute approximate surface area is 186 Å². The topological polar surface area (TPSA) is 50.4 Å². The lowest BCUT2D eigenvalue weighted by atomic mass is 10.2. The Balaban J connectivity index is 1.52. The van der Waals surface area contributed by atoms with Crippen LogP contribution >= 0.6 is 39.1 Å². The molecule has 3 aromatic carbocycles. The van der Waals surface area contributed by atoms with Crippen LogP contribution in [-0.4, -0.2) is 12.5 Å². The summed E-state index contributed by atoms with van der Waals surface area (Å²) in [6, 6.07) is 16.8. The van der Waals surface area contributed by atoms with Gasteiger partial charge in [0.25, 0.3) is 5.91 Å². The molecule has 8 heteroatoms. The summed E-state index contributed by atoms with van der Waals surface area (Å²) in [7, 11) is 0. The van der Waals surface area contributed by atoms with Crippen LogP contribution in [-0.2, 0) is 11.3 Å². The van der Waals surface area contributed by atoms with E-state index in [9.17, 15) is 9.18 Å². The molecule has 0 fully saturated rings. The van der Waals surface area contributed by atoms with Crippen molar-refractivity contribution in [3.63, 3.8) is 0 Å². The molecule has 3 rings (SSSR count). The molecule has 0 aromatic heterocycles. The van der Waals surface area contributed by atoms with Gasteiger partial charge in [-0.05, 0) is 76.1 Å². The third-order valence-corrected chi connectivity index (χ3v) is 5.06. The van der Waals surface area contributed by atoms with Crippen LogP contribution in [0.25, 0.3) is 0 Å². The van der Waals surface area contributed by atoms with Gasteiger partial charge in [-0.2, -0.15) is 0 Å². The number of carbonyl (C=O) groups excluding carboxylic acids is 1.